The maximum Gasteiger partial charge on any atom is 0.203 e. The molecule has 0 aliphatic carbocycles. The van der Waals surface area contributed by atoms with Gasteiger partial charge in [0.25, 0.3) is 0 Å². The number of benzene rings is 2. The molecule has 0 atom stereocenters. The van der Waals surface area contributed by atoms with Crippen LogP contribution >= 0.6 is 0 Å². The molecule has 0 saturated carbocycles. The van der Waals surface area contributed by atoms with E-state index in [0.717, 1.165) is 22.8 Å². The molecule has 19 heavy (non-hydrogen) atoms. The second-order valence-electron chi connectivity index (χ2n) is 4.49. The summed E-state index contributed by atoms with van der Waals surface area (Å²) in [5.41, 5.74) is 4.41. The SMILES string of the molecule is CC(=CC(C)=[NH+]c1ccccc1)Nc1ccccc1. The fourth-order valence-corrected chi connectivity index (χ4v) is 1.90. The summed E-state index contributed by atoms with van der Waals surface area (Å²) in [4.78, 5) is 3.36. The van der Waals surface area contributed by atoms with Gasteiger partial charge in [0.05, 0.1) is 0 Å². The molecular formula is C17H19N2+. The lowest BCUT2D eigenvalue weighted by molar-refractivity contribution is -0.353. The molecule has 0 aromatic heterocycles. The van der Waals surface area contributed by atoms with Gasteiger partial charge in [0.1, 0.15) is 0 Å². The molecule has 0 aliphatic heterocycles. The Morgan fingerprint density at radius 2 is 1.47 bits per heavy atom. The maximum atomic E-state index is 3.36. The van der Waals surface area contributed by atoms with Crippen molar-refractivity contribution in [2.45, 2.75) is 13.8 Å². The summed E-state index contributed by atoms with van der Waals surface area (Å²) >= 11 is 0. The highest BCUT2D eigenvalue weighted by atomic mass is 14.9. The van der Waals surface area contributed by atoms with E-state index in [4.69, 9.17) is 0 Å². The third-order valence-electron chi connectivity index (χ3n) is 2.66. The predicted molar refractivity (Wildman–Crippen MR) is 81.6 cm³/mol. The van der Waals surface area contributed by atoms with Gasteiger partial charge in [0.2, 0.25) is 5.69 Å². The number of para-hydroxylation sites is 2. The quantitative estimate of drug-likeness (QED) is 0.803. The highest BCUT2D eigenvalue weighted by Crippen LogP contribution is 2.08. The van der Waals surface area contributed by atoms with Gasteiger partial charge in [0, 0.05) is 36.5 Å². The fourth-order valence-electron chi connectivity index (χ4n) is 1.90. The summed E-state index contributed by atoms with van der Waals surface area (Å²) in [6.45, 7) is 4.12. The van der Waals surface area contributed by atoms with Crippen molar-refractivity contribution >= 4 is 17.1 Å². The van der Waals surface area contributed by atoms with E-state index in [-0.39, 0.29) is 0 Å². The highest BCUT2D eigenvalue weighted by Gasteiger charge is 1.98. The standard InChI is InChI=1S/C17H18N2/c1-14(18-16-9-5-3-6-10-16)13-15(2)19-17-11-7-4-8-12-17/h3-13,18H,1-2H3/p+1. The van der Waals surface area contributed by atoms with Crippen molar-refractivity contribution in [2.75, 3.05) is 5.32 Å². The lowest BCUT2D eigenvalue weighted by Gasteiger charge is -2.04. The molecule has 2 N–H and O–H groups in total. The van der Waals surface area contributed by atoms with Crippen LogP contribution in [0, 0.1) is 0 Å². The van der Waals surface area contributed by atoms with Crippen molar-refractivity contribution in [1.29, 1.82) is 0 Å². The Balaban J connectivity index is 2.06. The summed E-state index contributed by atoms with van der Waals surface area (Å²) in [6, 6.07) is 20.3. The topological polar surface area (TPSA) is 26.0 Å². The monoisotopic (exact) mass is 251 g/mol. The van der Waals surface area contributed by atoms with Crippen LogP contribution in [0.25, 0.3) is 0 Å². The Morgan fingerprint density at radius 1 is 0.895 bits per heavy atom. The Morgan fingerprint density at radius 3 is 2.11 bits per heavy atom. The first-order chi connectivity index (χ1) is 9.24. The number of allylic oxidation sites excluding steroid dienone is 2. The van der Waals surface area contributed by atoms with E-state index in [1.165, 1.54) is 0 Å². The third kappa shape index (κ3) is 4.43. The molecule has 0 spiro atoms. The molecule has 0 saturated heterocycles. The van der Waals surface area contributed by atoms with E-state index in [1.54, 1.807) is 0 Å². The average molecular weight is 251 g/mol. The summed E-state index contributed by atoms with van der Waals surface area (Å²) in [6.07, 6.45) is 2.10. The molecule has 2 nitrogen and oxygen atoms in total. The minimum atomic E-state index is 1.10. The zero-order chi connectivity index (χ0) is 13.5. The third-order valence-corrected chi connectivity index (χ3v) is 2.66. The van der Waals surface area contributed by atoms with Crippen molar-refractivity contribution in [3.05, 3.63) is 72.4 Å². The van der Waals surface area contributed by atoms with E-state index in [2.05, 4.69) is 54.5 Å². The first kappa shape index (κ1) is 13.1. The summed E-state index contributed by atoms with van der Waals surface area (Å²) < 4.78 is 0. The van der Waals surface area contributed by atoms with Gasteiger partial charge in [-0.05, 0) is 19.1 Å². The van der Waals surface area contributed by atoms with E-state index in [1.807, 2.05) is 36.4 Å². The van der Waals surface area contributed by atoms with E-state index in [0.29, 0.717) is 0 Å². The molecule has 96 valence electrons. The first-order valence-electron chi connectivity index (χ1n) is 6.40. The second kappa shape index (κ2) is 6.55. The summed E-state index contributed by atoms with van der Waals surface area (Å²) in [7, 11) is 0. The van der Waals surface area contributed by atoms with Crippen LogP contribution in [0.5, 0.6) is 0 Å². The molecule has 0 heterocycles. The van der Waals surface area contributed by atoms with Crippen molar-refractivity contribution in [3.8, 4) is 0 Å². The Hall–Kier alpha value is -2.35. The van der Waals surface area contributed by atoms with Gasteiger partial charge in [-0.1, -0.05) is 36.4 Å². The summed E-state index contributed by atoms with van der Waals surface area (Å²) in [5, 5.41) is 3.36. The highest BCUT2D eigenvalue weighted by molar-refractivity contribution is 5.89. The summed E-state index contributed by atoms with van der Waals surface area (Å²) in [5.74, 6) is 0. The van der Waals surface area contributed by atoms with Crippen LogP contribution < -0.4 is 10.3 Å². The fraction of sp³-hybridized carbons (Fsp3) is 0.118. The zero-order valence-electron chi connectivity index (χ0n) is 11.4. The van der Waals surface area contributed by atoms with Crippen molar-refractivity contribution < 1.29 is 4.99 Å². The van der Waals surface area contributed by atoms with Gasteiger partial charge in [-0.15, -0.1) is 0 Å². The van der Waals surface area contributed by atoms with Gasteiger partial charge >= 0.3 is 0 Å². The van der Waals surface area contributed by atoms with Crippen LogP contribution in [0.1, 0.15) is 13.8 Å². The molecule has 2 rings (SSSR count). The van der Waals surface area contributed by atoms with Crippen molar-refractivity contribution in [2.24, 2.45) is 0 Å². The number of nitrogens with one attached hydrogen (secondary N) is 2. The zero-order valence-corrected chi connectivity index (χ0v) is 11.4. The van der Waals surface area contributed by atoms with Gasteiger partial charge in [0.15, 0.2) is 5.71 Å². The lowest BCUT2D eigenvalue weighted by Crippen LogP contribution is -2.65. The minimum Gasteiger partial charge on any atom is -0.359 e. The molecule has 0 aliphatic rings. The minimum absolute atomic E-state index is 1.10. The van der Waals surface area contributed by atoms with Gasteiger partial charge in [-0.3, -0.25) is 0 Å². The molecule has 2 heteroatoms. The van der Waals surface area contributed by atoms with Gasteiger partial charge < -0.3 is 5.32 Å². The molecular weight excluding hydrogens is 232 g/mol. The van der Waals surface area contributed by atoms with Gasteiger partial charge in [-0.25, -0.2) is 4.99 Å². The molecule has 2 aromatic carbocycles. The van der Waals surface area contributed by atoms with Gasteiger partial charge in [-0.2, -0.15) is 0 Å². The molecule has 0 amide bonds. The van der Waals surface area contributed by atoms with E-state index >= 15 is 0 Å². The van der Waals surface area contributed by atoms with E-state index < -0.39 is 0 Å². The van der Waals surface area contributed by atoms with Crippen molar-refractivity contribution in [3.63, 3.8) is 0 Å². The van der Waals surface area contributed by atoms with Crippen LogP contribution in [-0.4, -0.2) is 5.71 Å². The Labute approximate surface area is 114 Å². The smallest absolute Gasteiger partial charge is 0.203 e. The number of rotatable bonds is 4. The average Bonchev–Trinajstić information content (AvgIpc) is 2.40. The maximum absolute atomic E-state index is 3.36. The predicted octanol–water partition coefficient (Wildman–Crippen LogP) is 2.88. The number of hydrogen-bond donors (Lipinski definition) is 2. The van der Waals surface area contributed by atoms with Crippen molar-refractivity contribution in [1.82, 2.24) is 0 Å². The largest absolute Gasteiger partial charge is 0.359 e. The first-order valence-corrected chi connectivity index (χ1v) is 6.40. The Kier molecular flexibility index (Phi) is 4.51. The molecule has 0 fully saturated rings. The van der Waals surface area contributed by atoms with Crippen LogP contribution in [-0.2, 0) is 0 Å². The molecule has 0 bridgehead atoms. The second-order valence-corrected chi connectivity index (χ2v) is 4.49. The Bertz CT molecular complexity index is 569. The normalized spacial score (nSPS) is 12.3. The van der Waals surface area contributed by atoms with E-state index in [9.17, 15) is 0 Å². The number of anilines is 1. The van der Waals surface area contributed by atoms with Crippen LogP contribution in [0.4, 0.5) is 11.4 Å². The van der Waals surface area contributed by atoms with Crippen LogP contribution in [0.15, 0.2) is 72.4 Å². The number of hydrogen-bond acceptors (Lipinski definition) is 1. The molecule has 0 unspecified atom stereocenters. The van der Waals surface area contributed by atoms with Crippen LogP contribution in [0.3, 0.4) is 0 Å². The lowest BCUT2D eigenvalue weighted by atomic mass is 10.2. The van der Waals surface area contributed by atoms with Crippen LogP contribution in [0.2, 0.25) is 0 Å². The molecule has 2 aromatic rings. The molecule has 0 radical (unpaired) electrons.